The monoisotopic (exact) mass is 405 g/mol. The molecule has 1 heterocycles. The molecule has 1 aliphatic heterocycles. The maximum absolute atomic E-state index is 12.9. The summed E-state index contributed by atoms with van der Waals surface area (Å²) in [5.74, 6) is -1.16. The number of esters is 1. The predicted octanol–water partition coefficient (Wildman–Crippen LogP) is 2.14. The third kappa shape index (κ3) is 4.40. The topological polar surface area (TPSA) is 111 Å². The number of nitro benzene ring substituents is 1. The first kappa shape index (κ1) is 21.2. The van der Waals surface area contributed by atoms with Crippen molar-refractivity contribution in [3.8, 4) is 0 Å². The van der Waals surface area contributed by atoms with Crippen molar-refractivity contribution in [2.75, 3.05) is 33.4 Å². The lowest BCUT2D eigenvalue weighted by molar-refractivity contribution is -0.384. The summed E-state index contributed by atoms with van der Waals surface area (Å²) in [4.78, 5) is 37.8. The lowest BCUT2D eigenvalue weighted by Crippen LogP contribution is -2.62. The van der Waals surface area contributed by atoms with Crippen LogP contribution < -0.4 is 5.32 Å². The van der Waals surface area contributed by atoms with E-state index in [1.54, 1.807) is 0 Å². The molecule has 1 saturated carbocycles. The summed E-state index contributed by atoms with van der Waals surface area (Å²) in [7, 11) is 1.19. The highest BCUT2D eigenvalue weighted by molar-refractivity contribution is 5.99. The van der Waals surface area contributed by atoms with E-state index < -0.39 is 16.8 Å². The van der Waals surface area contributed by atoms with E-state index in [1.807, 2.05) is 6.92 Å². The van der Waals surface area contributed by atoms with E-state index in [0.29, 0.717) is 13.2 Å². The second-order valence-electron chi connectivity index (χ2n) is 7.62. The largest absolute Gasteiger partial charge is 0.465 e. The summed E-state index contributed by atoms with van der Waals surface area (Å²) in [5, 5.41) is 14.3. The van der Waals surface area contributed by atoms with Gasteiger partial charge in [-0.15, -0.1) is 0 Å². The van der Waals surface area contributed by atoms with E-state index in [4.69, 9.17) is 4.74 Å². The normalized spacial score (nSPS) is 20.1. The van der Waals surface area contributed by atoms with Crippen molar-refractivity contribution in [3.63, 3.8) is 0 Å². The quantitative estimate of drug-likeness (QED) is 0.438. The zero-order valence-electron chi connectivity index (χ0n) is 16.8. The molecule has 2 fully saturated rings. The van der Waals surface area contributed by atoms with Gasteiger partial charge in [0.2, 0.25) is 0 Å². The standard InChI is InChI=1S/C20H27N3O6/c1-14(20(5-3-4-6-20)22-7-9-29-10-8-22)21-18(24)15-11-16(19(25)28-2)13-17(12-15)23(26)27/h11-14H,3-10H2,1-2H3,(H,21,24)/t14-/m0/s1. The Labute approximate surface area is 169 Å². The highest BCUT2D eigenvalue weighted by Crippen LogP contribution is 2.38. The number of nitrogens with zero attached hydrogens (tertiary/aromatic N) is 2. The summed E-state index contributed by atoms with van der Waals surface area (Å²) in [6, 6.07) is 3.47. The Morgan fingerprint density at radius 3 is 2.41 bits per heavy atom. The Kier molecular flexibility index (Phi) is 6.49. The van der Waals surface area contributed by atoms with Gasteiger partial charge in [-0.1, -0.05) is 12.8 Å². The lowest BCUT2D eigenvalue weighted by Gasteiger charge is -2.47. The third-order valence-corrected chi connectivity index (χ3v) is 6.08. The Balaban J connectivity index is 1.83. The van der Waals surface area contributed by atoms with Crippen molar-refractivity contribution in [1.29, 1.82) is 0 Å². The van der Waals surface area contributed by atoms with Crippen molar-refractivity contribution < 1.29 is 24.0 Å². The molecule has 158 valence electrons. The number of ether oxygens (including phenoxy) is 2. The van der Waals surface area contributed by atoms with Crippen LogP contribution in [0.3, 0.4) is 0 Å². The van der Waals surface area contributed by atoms with Gasteiger partial charge in [-0.3, -0.25) is 19.8 Å². The second-order valence-corrected chi connectivity index (χ2v) is 7.62. The number of methoxy groups -OCH3 is 1. The zero-order chi connectivity index (χ0) is 21.0. The molecule has 29 heavy (non-hydrogen) atoms. The number of rotatable bonds is 6. The van der Waals surface area contributed by atoms with Crippen LogP contribution in [0.2, 0.25) is 0 Å². The molecule has 1 aromatic rings. The van der Waals surface area contributed by atoms with Gasteiger partial charge in [0, 0.05) is 42.4 Å². The van der Waals surface area contributed by atoms with Gasteiger partial charge in [0.15, 0.2) is 0 Å². The van der Waals surface area contributed by atoms with Gasteiger partial charge < -0.3 is 14.8 Å². The molecule has 0 radical (unpaired) electrons. The highest BCUT2D eigenvalue weighted by atomic mass is 16.6. The van der Waals surface area contributed by atoms with E-state index in [9.17, 15) is 19.7 Å². The number of carbonyl (C=O) groups excluding carboxylic acids is 2. The molecule has 9 heteroatoms. The third-order valence-electron chi connectivity index (χ3n) is 6.08. The molecule has 1 aromatic carbocycles. The van der Waals surface area contributed by atoms with E-state index >= 15 is 0 Å². The minimum absolute atomic E-state index is 0.0248. The van der Waals surface area contributed by atoms with Crippen molar-refractivity contribution in [2.45, 2.75) is 44.2 Å². The number of nitro groups is 1. The number of nitrogens with one attached hydrogen (secondary N) is 1. The summed E-state index contributed by atoms with van der Waals surface area (Å²) < 4.78 is 10.1. The van der Waals surface area contributed by atoms with E-state index in [0.717, 1.165) is 44.8 Å². The molecule has 1 N–H and O–H groups in total. The van der Waals surface area contributed by atoms with Crippen LogP contribution in [0.4, 0.5) is 5.69 Å². The summed E-state index contributed by atoms with van der Waals surface area (Å²) in [5.41, 5.74) is -0.426. The summed E-state index contributed by atoms with van der Waals surface area (Å²) in [6.45, 7) is 4.98. The minimum atomic E-state index is -0.726. The second kappa shape index (κ2) is 8.87. The van der Waals surface area contributed by atoms with Crippen LogP contribution >= 0.6 is 0 Å². The Hall–Kier alpha value is -2.52. The van der Waals surface area contributed by atoms with Crippen molar-refractivity contribution in [1.82, 2.24) is 10.2 Å². The molecule has 0 aromatic heterocycles. The molecule has 1 amide bonds. The van der Waals surface area contributed by atoms with Crippen molar-refractivity contribution in [2.24, 2.45) is 0 Å². The molecule has 1 saturated heterocycles. The SMILES string of the molecule is COC(=O)c1cc(C(=O)N[C@@H](C)C2(N3CCOCC3)CCCC2)cc([N+](=O)[O-])c1. The number of non-ortho nitro benzene ring substituents is 1. The fourth-order valence-electron chi connectivity index (χ4n) is 4.52. The van der Waals surface area contributed by atoms with E-state index in [1.165, 1.54) is 19.2 Å². The fourth-order valence-corrected chi connectivity index (χ4v) is 4.52. The average molecular weight is 405 g/mol. The minimum Gasteiger partial charge on any atom is -0.465 e. The number of morpholine rings is 1. The summed E-state index contributed by atoms with van der Waals surface area (Å²) in [6.07, 6.45) is 4.16. The number of amides is 1. The first-order valence-electron chi connectivity index (χ1n) is 9.89. The maximum atomic E-state index is 12.9. The molecule has 1 atom stereocenters. The van der Waals surface area contributed by atoms with Gasteiger partial charge in [0.25, 0.3) is 11.6 Å². The number of hydrogen-bond acceptors (Lipinski definition) is 7. The highest BCUT2D eigenvalue weighted by Gasteiger charge is 2.45. The number of benzene rings is 1. The fraction of sp³-hybridized carbons (Fsp3) is 0.600. The Morgan fingerprint density at radius 2 is 1.83 bits per heavy atom. The molecule has 0 spiro atoms. The van der Waals surface area contributed by atoms with Crippen molar-refractivity contribution in [3.05, 3.63) is 39.4 Å². The molecule has 0 unspecified atom stereocenters. The Morgan fingerprint density at radius 1 is 1.21 bits per heavy atom. The first-order chi connectivity index (χ1) is 13.9. The molecular weight excluding hydrogens is 378 g/mol. The maximum Gasteiger partial charge on any atom is 0.338 e. The first-order valence-corrected chi connectivity index (χ1v) is 9.89. The van der Waals surface area contributed by atoms with Crippen LogP contribution in [0.15, 0.2) is 18.2 Å². The molecule has 1 aliphatic carbocycles. The smallest absolute Gasteiger partial charge is 0.338 e. The van der Waals surface area contributed by atoms with Gasteiger partial charge in [-0.2, -0.15) is 0 Å². The molecule has 9 nitrogen and oxygen atoms in total. The van der Waals surface area contributed by atoms with Gasteiger partial charge in [0.1, 0.15) is 0 Å². The van der Waals surface area contributed by atoms with Crippen LogP contribution in [-0.4, -0.2) is 66.7 Å². The van der Waals surface area contributed by atoms with Gasteiger partial charge in [-0.05, 0) is 25.8 Å². The van der Waals surface area contributed by atoms with E-state index in [2.05, 4.69) is 15.0 Å². The average Bonchev–Trinajstić information content (AvgIpc) is 3.24. The molecule has 2 aliphatic rings. The van der Waals surface area contributed by atoms with Gasteiger partial charge in [0.05, 0.1) is 30.8 Å². The molecule has 3 rings (SSSR count). The van der Waals surface area contributed by atoms with Crippen LogP contribution in [0.25, 0.3) is 0 Å². The van der Waals surface area contributed by atoms with Gasteiger partial charge >= 0.3 is 5.97 Å². The molecule has 0 bridgehead atoms. The van der Waals surface area contributed by atoms with Crippen molar-refractivity contribution >= 4 is 17.6 Å². The van der Waals surface area contributed by atoms with Crippen LogP contribution in [0.5, 0.6) is 0 Å². The number of carbonyl (C=O) groups is 2. The van der Waals surface area contributed by atoms with Gasteiger partial charge in [-0.25, -0.2) is 4.79 Å². The number of hydrogen-bond donors (Lipinski definition) is 1. The van der Waals surface area contributed by atoms with E-state index in [-0.39, 0.29) is 28.4 Å². The van der Waals surface area contributed by atoms with Crippen LogP contribution in [0.1, 0.15) is 53.3 Å². The Bertz CT molecular complexity index is 784. The lowest BCUT2D eigenvalue weighted by atomic mass is 9.86. The molecular formula is C20H27N3O6. The zero-order valence-corrected chi connectivity index (χ0v) is 16.8. The van der Waals surface area contributed by atoms with Crippen LogP contribution in [0, 0.1) is 10.1 Å². The predicted molar refractivity (Wildman–Crippen MR) is 105 cm³/mol. The van der Waals surface area contributed by atoms with Crippen LogP contribution in [-0.2, 0) is 9.47 Å². The summed E-state index contributed by atoms with van der Waals surface area (Å²) >= 11 is 0.